The first-order valence-electron chi connectivity index (χ1n) is 8.05. The summed E-state index contributed by atoms with van der Waals surface area (Å²) in [5.74, 6) is 0.967. The largest absolute Gasteiger partial charge is 0.348 e. The average molecular weight is 324 g/mol. The molecule has 2 heterocycles. The van der Waals surface area contributed by atoms with E-state index in [1.807, 2.05) is 44.8 Å². The third kappa shape index (κ3) is 3.83. The van der Waals surface area contributed by atoms with E-state index >= 15 is 0 Å². The van der Waals surface area contributed by atoms with Crippen molar-refractivity contribution in [3.63, 3.8) is 0 Å². The van der Waals surface area contributed by atoms with Crippen molar-refractivity contribution in [2.45, 2.75) is 19.6 Å². The molecular formula is C18H24N6. The van der Waals surface area contributed by atoms with Gasteiger partial charge in [-0.3, -0.25) is 0 Å². The Morgan fingerprint density at radius 2 is 2.00 bits per heavy atom. The normalized spacial score (nSPS) is 11.0. The summed E-state index contributed by atoms with van der Waals surface area (Å²) >= 11 is 0. The molecule has 126 valence electrons. The summed E-state index contributed by atoms with van der Waals surface area (Å²) in [5.41, 5.74) is 3.73. The van der Waals surface area contributed by atoms with Crippen molar-refractivity contribution >= 4 is 5.95 Å². The molecule has 0 aliphatic carbocycles. The zero-order chi connectivity index (χ0) is 16.9. The fourth-order valence-electron chi connectivity index (χ4n) is 2.78. The van der Waals surface area contributed by atoms with E-state index in [-0.39, 0.29) is 0 Å². The van der Waals surface area contributed by atoms with Crippen LogP contribution in [-0.4, -0.2) is 33.2 Å². The Morgan fingerprint density at radius 1 is 1.17 bits per heavy atom. The molecule has 2 aromatic heterocycles. The summed E-state index contributed by atoms with van der Waals surface area (Å²) in [6.07, 6.45) is 7.56. The van der Waals surface area contributed by atoms with Gasteiger partial charge >= 0.3 is 0 Å². The first-order chi connectivity index (χ1) is 11.6. The van der Waals surface area contributed by atoms with Crippen LogP contribution in [0, 0.1) is 0 Å². The van der Waals surface area contributed by atoms with Crippen LogP contribution in [0.5, 0.6) is 0 Å². The predicted octanol–water partition coefficient (Wildman–Crippen LogP) is 2.02. The van der Waals surface area contributed by atoms with E-state index in [2.05, 4.69) is 48.7 Å². The molecule has 1 N–H and O–H groups in total. The third-order valence-electron chi connectivity index (χ3n) is 4.01. The molecule has 0 unspecified atom stereocenters. The first kappa shape index (κ1) is 16.3. The molecule has 3 rings (SSSR count). The number of nitrogens with zero attached hydrogens (tertiary/aromatic N) is 5. The number of hydrogen-bond donors (Lipinski definition) is 1. The number of anilines is 1. The summed E-state index contributed by atoms with van der Waals surface area (Å²) in [6, 6.07) is 8.64. The number of aromatic nitrogens is 4. The summed E-state index contributed by atoms with van der Waals surface area (Å²) in [7, 11) is 6.06. The van der Waals surface area contributed by atoms with E-state index < -0.39 is 0 Å². The molecule has 0 fully saturated rings. The van der Waals surface area contributed by atoms with Gasteiger partial charge < -0.3 is 19.4 Å². The van der Waals surface area contributed by atoms with E-state index in [1.54, 1.807) is 6.20 Å². The molecule has 0 saturated heterocycles. The summed E-state index contributed by atoms with van der Waals surface area (Å²) in [4.78, 5) is 10.5. The van der Waals surface area contributed by atoms with Crippen molar-refractivity contribution in [2.75, 3.05) is 19.0 Å². The Morgan fingerprint density at radius 3 is 2.71 bits per heavy atom. The SMILES string of the molecule is CN(C)c1ncc(CNCc2cccc(Cn3ccnc3)c2)n1C. The van der Waals surface area contributed by atoms with Gasteiger partial charge in [-0.1, -0.05) is 24.3 Å². The van der Waals surface area contributed by atoms with E-state index in [1.165, 1.54) is 16.8 Å². The highest BCUT2D eigenvalue weighted by atomic mass is 15.3. The van der Waals surface area contributed by atoms with Crippen LogP contribution in [0.15, 0.2) is 49.2 Å². The molecule has 0 atom stereocenters. The molecule has 0 spiro atoms. The number of benzene rings is 1. The minimum atomic E-state index is 0.795. The number of rotatable bonds is 7. The topological polar surface area (TPSA) is 50.9 Å². The molecule has 0 radical (unpaired) electrons. The smallest absolute Gasteiger partial charge is 0.204 e. The molecular weight excluding hydrogens is 300 g/mol. The Balaban J connectivity index is 1.57. The van der Waals surface area contributed by atoms with Crippen molar-refractivity contribution < 1.29 is 0 Å². The summed E-state index contributed by atoms with van der Waals surface area (Å²) < 4.78 is 4.19. The molecule has 0 amide bonds. The average Bonchev–Trinajstić information content (AvgIpc) is 3.18. The van der Waals surface area contributed by atoms with Crippen molar-refractivity contribution in [1.82, 2.24) is 24.4 Å². The second-order valence-corrected chi connectivity index (χ2v) is 6.16. The Kier molecular flexibility index (Phi) is 4.96. The van der Waals surface area contributed by atoms with Crippen LogP contribution < -0.4 is 10.2 Å². The van der Waals surface area contributed by atoms with E-state index in [4.69, 9.17) is 0 Å². The standard InChI is InChI=1S/C18H24N6/c1-22(2)18-21-12-17(23(18)3)11-20-10-15-5-4-6-16(9-15)13-24-8-7-19-14-24/h4-9,12,14,20H,10-11,13H2,1-3H3. The fourth-order valence-corrected chi connectivity index (χ4v) is 2.78. The van der Waals surface area contributed by atoms with Crippen LogP contribution in [0.3, 0.4) is 0 Å². The van der Waals surface area contributed by atoms with Gasteiger partial charge in [0.15, 0.2) is 0 Å². The van der Waals surface area contributed by atoms with Crippen LogP contribution in [0.2, 0.25) is 0 Å². The highest BCUT2D eigenvalue weighted by molar-refractivity contribution is 5.31. The lowest BCUT2D eigenvalue weighted by Gasteiger charge is -2.13. The van der Waals surface area contributed by atoms with Gasteiger partial charge in [0.05, 0.1) is 18.2 Å². The molecule has 0 bridgehead atoms. The number of imidazole rings is 2. The Labute approximate surface area is 142 Å². The minimum absolute atomic E-state index is 0.795. The van der Waals surface area contributed by atoms with E-state index in [0.29, 0.717) is 0 Å². The predicted molar refractivity (Wildman–Crippen MR) is 95.8 cm³/mol. The van der Waals surface area contributed by atoms with Gasteiger partial charge in [0.2, 0.25) is 5.95 Å². The van der Waals surface area contributed by atoms with Gasteiger partial charge in [-0.25, -0.2) is 9.97 Å². The van der Waals surface area contributed by atoms with Crippen LogP contribution in [0.25, 0.3) is 0 Å². The quantitative estimate of drug-likeness (QED) is 0.722. The lowest BCUT2D eigenvalue weighted by atomic mass is 10.1. The van der Waals surface area contributed by atoms with Gasteiger partial charge in [0.25, 0.3) is 0 Å². The van der Waals surface area contributed by atoms with Gasteiger partial charge in [0, 0.05) is 53.2 Å². The molecule has 6 heteroatoms. The fraction of sp³-hybridized carbons (Fsp3) is 0.333. The third-order valence-corrected chi connectivity index (χ3v) is 4.01. The van der Waals surface area contributed by atoms with Crippen LogP contribution >= 0.6 is 0 Å². The van der Waals surface area contributed by atoms with E-state index in [0.717, 1.165) is 25.6 Å². The summed E-state index contributed by atoms with van der Waals surface area (Å²) in [6.45, 7) is 2.48. The van der Waals surface area contributed by atoms with Crippen molar-refractivity contribution in [3.8, 4) is 0 Å². The van der Waals surface area contributed by atoms with Crippen molar-refractivity contribution in [3.05, 3.63) is 66.0 Å². The molecule has 3 aromatic rings. The number of nitrogens with one attached hydrogen (secondary N) is 1. The Bertz CT molecular complexity index is 773. The second kappa shape index (κ2) is 7.31. The zero-order valence-electron chi connectivity index (χ0n) is 14.5. The van der Waals surface area contributed by atoms with Gasteiger partial charge in [0.1, 0.15) is 0 Å². The highest BCUT2D eigenvalue weighted by Crippen LogP contribution is 2.11. The molecule has 0 aliphatic heterocycles. The van der Waals surface area contributed by atoms with Crippen LogP contribution in [0.1, 0.15) is 16.8 Å². The van der Waals surface area contributed by atoms with Crippen molar-refractivity contribution in [2.24, 2.45) is 7.05 Å². The molecule has 1 aromatic carbocycles. The van der Waals surface area contributed by atoms with Crippen LogP contribution in [-0.2, 0) is 26.7 Å². The van der Waals surface area contributed by atoms with Gasteiger partial charge in [-0.2, -0.15) is 0 Å². The lowest BCUT2D eigenvalue weighted by Crippen LogP contribution is -2.18. The second-order valence-electron chi connectivity index (χ2n) is 6.16. The summed E-state index contributed by atoms with van der Waals surface area (Å²) in [5, 5.41) is 3.50. The minimum Gasteiger partial charge on any atom is -0.348 e. The van der Waals surface area contributed by atoms with Crippen LogP contribution in [0.4, 0.5) is 5.95 Å². The molecule has 6 nitrogen and oxygen atoms in total. The zero-order valence-corrected chi connectivity index (χ0v) is 14.5. The van der Waals surface area contributed by atoms with E-state index in [9.17, 15) is 0 Å². The van der Waals surface area contributed by atoms with Crippen molar-refractivity contribution in [1.29, 1.82) is 0 Å². The highest BCUT2D eigenvalue weighted by Gasteiger charge is 2.07. The van der Waals surface area contributed by atoms with Gasteiger partial charge in [-0.05, 0) is 11.1 Å². The number of hydrogen-bond acceptors (Lipinski definition) is 4. The maximum absolute atomic E-state index is 4.44. The molecule has 24 heavy (non-hydrogen) atoms. The lowest BCUT2D eigenvalue weighted by molar-refractivity contribution is 0.653. The molecule has 0 saturated carbocycles. The van der Waals surface area contributed by atoms with Gasteiger partial charge in [-0.15, -0.1) is 0 Å². The maximum Gasteiger partial charge on any atom is 0.204 e. The maximum atomic E-state index is 4.44. The monoisotopic (exact) mass is 324 g/mol. The molecule has 0 aliphatic rings. The first-order valence-corrected chi connectivity index (χ1v) is 8.05. The Hall–Kier alpha value is -2.60.